The quantitative estimate of drug-likeness (QED) is 0.862. The number of benzene rings is 1. The summed E-state index contributed by atoms with van der Waals surface area (Å²) in [7, 11) is 0. The first kappa shape index (κ1) is 16.1. The highest BCUT2D eigenvalue weighted by Gasteiger charge is 2.52. The minimum absolute atomic E-state index is 0.0999. The van der Waals surface area contributed by atoms with Crippen molar-refractivity contribution in [1.82, 2.24) is 10.2 Å². The van der Waals surface area contributed by atoms with Crippen LogP contribution in [0.15, 0.2) is 18.2 Å². The fraction of sp³-hybridized carbons (Fsp3) is 0.682. The normalized spacial score (nSPS) is 38.4. The molecule has 6 aliphatic rings. The second kappa shape index (κ2) is 5.79. The molecular formula is C22H28N2O3. The van der Waals surface area contributed by atoms with Gasteiger partial charge in [0.15, 0.2) is 11.5 Å². The van der Waals surface area contributed by atoms with E-state index in [-0.39, 0.29) is 11.6 Å². The van der Waals surface area contributed by atoms with E-state index in [9.17, 15) is 4.79 Å². The third-order valence-corrected chi connectivity index (χ3v) is 7.75. The number of likely N-dealkylation sites (tertiary alicyclic amines) is 1. The Morgan fingerprint density at radius 3 is 2.48 bits per heavy atom. The Balaban J connectivity index is 1.13. The molecule has 2 heterocycles. The molecule has 2 aliphatic heterocycles. The molecule has 1 aromatic rings. The molecule has 1 aromatic carbocycles. The van der Waals surface area contributed by atoms with Gasteiger partial charge in [-0.3, -0.25) is 0 Å². The molecule has 5 heteroatoms. The Morgan fingerprint density at radius 1 is 1.04 bits per heavy atom. The Kier molecular flexibility index (Phi) is 3.45. The summed E-state index contributed by atoms with van der Waals surface area (Å²) in [5, 5.41) is 3.52. The maximum absolute atomic E-state index is 13.1. The fourth-order valence-corrected chi connectivity index (χ4v) is 6.95. The van der Waals surface area contributed by atoms with Gasteiger partial charge in [0.1, 0.15) is 0 Å². The van der Waals surface area contributed by atoms with E-state index in [1.54, 1.807) is 0 Å². The van der Waals surface area contributed by atoms with Crippen LogP contribution in [0.1, 0.15) is 56.4 Å². The molecule has 144 valence electrons. The van der Waals surface area contributed by atoms with Gasteiger partial charge in [-0.05, 0) is 80.4 Å². The number of amides is 2. The van der Waals surface area contributed by atoms with Crippen LogP contribution in [0, 0.1) is 17.8 Å². The molecule has 1 saturated heterocycles. The van der Waals surface area contributed by atoms with Crippen LogP contribution in [-0.4, -0.2) is 36.4 Å². The zero-order valence-corrected chi connectivity index (χ0v) is 15.8. The third kappa shape index (κ3) is 2.69. The lowest BCUT2D eigenvalue weighted by Gasteiger charge is -2.57. The lowest BCUT2D eigenvalue weighted by atomic mass is 9.53. The van der Waals surface area contributed by atoms with Crippen molar-refractivity contribution in [2.45, 2.75) is 56.4 Å². The number of fused-ring (bicyclic) bond motifs is 1. The lowest BCUT2D eigenvalue weighted by Crippen LogP contribution is -2.61. The SMILES string of the molecule is O=C(NC12CC3CC(CC(C3)C1)C2)N1CCC(c2ccc3c(c2)OCO3)C1. The number of carbonyl (C=O) groups is 1. The minimum atomic E-state index is 0.0999. The Morgan fingerprint density at radius 2 is 1.74 bits per heavy atom. The first-order chi connectivity index (χ1) is 13.2. The maximum Gasteiger partial charge on any atom is 0.317 e. The summed E-state index contributed by atoms with van der Waals surface area (Å²) in [6.07, 6.45) is 8.88. The van der Waals surface area contributed by atoms with Crippen LogP contribution < -0.4 is 14.8 Å². The Labute approximate surface area is 160 Å². The predicted molar refractivity (Wildman–Crippen MR) is 101 cm³/mol. The highest BCUT2D eigenvalue weighted by molar-refractivity contribution is 5.75. The summed E-state index contributed by atoms with van der Waals surface area (Å²) in [5.41, 5.74) is 1.35. The van der Waals surface area contributed by atoms with E-state index in [4.69, 9.17) is 9.47 Å². The lowest BCUT2D eigenvalue weighted by molar-refractivity contribution is -0.0153. The van der Waals surface area contributed by atoms with Gasteiger partial charge in [-0.2, -0.15) is 0 Å². The van der Waals surface area contributed by atoms with Gasteiger partial charge in [0.05, 0.1) is 0 Å². The van der Waals surface area contributed by atoms with Crippen molar-refractivity contribution in [3.63, 3.8) is 0 Å². The van der Waals surface area contributed by atoms with E-state index in [1.165, 1.54) is 44.1 Å². The van der Waals surface area contributed by atoms with Crippen LogP contribution in [0.5, 0.6) is 11.5 Å². The summed E-state index contributed by atoms with van der Waals surface area (Å²) < 4.78 is 10.9. The number of nitrogens with one attached hydrogen (secondary N) is 1. The Hall–Kier alpha value is -1.91. The predicted octanol–water partition coefficient (Wildman–Crippen LogP) is 3.88. The molecular weight excluding hydrogens is 340 g/mol. The summed E-state index contributed by atoms with van der Waals surface area (Å²) in [4.78, 5) is 15.1. The molecule has 1 N–H and O–H groups in total. The fourth-order valence-electron chi connectivity index (χ4n) is 6.95. The second-order valence-electron chi connectivity index (χ2n) is 9.67. The van der Waals surface area contributed by atoms with E-state index in [1.807, 2.05) is 11.0 Å². The maximum atomic E-state index is 13.1. The monoisotopic (exact) mass is 368 g/mol. The molecule has 0 radical (unpaired) electrons. The minimum Gasteiger partial charge on any atom is -0.454 e. The first-order valence-corrected chi connectivity index (χ1v) is 10.6. The van der Waals surface area contributed by atoms with Gasteiger partial charge in [-0.15, -0.1) is 0 Å². The Bertz CT molecular complexity index is 742. The number of hydrogen-bond acceptors (Lipinski definition) is 3. The number of ether oxygens (including phenoxy) is 2. The van der Waals surface area contributed by atoms with Gasteiger partial charge in [0.25, 0.3) is 0 Å². The van der Waals surface area contributed by atoms with E-state index in [0.717, 1.165) is 48.8 Å². The van der Waals surface area contributed by atoms with E-state index >= 15 is 0 Å². The summed E-state index contributed by atoms with van der Waals surface area (Å²) in [5.74, 6) is 4.63. The largest absolute Gasteiger partial charge is 0.454 e. The van der Waals surface area contributed by atoms with Crippen molar-refractivity contribution in [3.05, 3.63) is 23.8 Å². The van der Waals surface area contributed by atoms with Gasteiger partial charge in [-0.1, -0.05) is 6.07 Å². The average Bonchev–Trinajstić information content (AvgIpc) is 3.29. The van der Waals surface area contributed by atoms with Crippen LogP contribution in [0.2, 0.25) is 0 Å². The molecule has 0 aromatic heterocycles. The molecule has 5 fully saturated rings. The molecule has 4 aliphatic carbocycles. The van der Waals surface area contributed by atoms with Crippen LogP contribution in [-0.2, 0) is 0 Å². The molecule has 2 amide bonds. The van der Waals surface area contributed by atoms with Crippen molar-refractivity contribution in [2.75, 3.05) is 19.9 Å². The summed E-state index contributed by atoms with van der Waals surface area (Å²) in [6, 6.07) is 6.38. The second-order valence-corrected chi connectivity index (χ2v) is 9.67. The van der Waals surface area contributed by atoms with Crippen molar-refractivity contribution in [3.8, 4) is 11.5 Å². The topological polar surface area (TPSA) is 50.8 Å². The van der Waals surface area contributed by atoms with Crippen molar-refractivity contribution in [1.29, 1.82) is 0 Å². The molecule has 7 rings (SSSR count). The number of carbonyl (C=O) groups excluding carboxylic acids is 1. The van der Waals surface area contributed by atoms with Crippen molar-refractivity contribution < 1.29 is 14.3 Å². The third-order valence-electron chi connectivity index (χ3n) is 7.75. The van der Waals surface area contributed by atoms with Crippen LogP contribution in [0.25, 0.3) is 0 Å². The van der Waals surface area contributed by atoms with Crippen molar-refractivity contribution in [2.24, 2.45) is 17.8 Å². The number of urea groups is 1. The molecule has 4 bridgehead atoms. The van der Waals surface area contributed by atoms with Crippen molar-refractivity contribution >= 4 is 6.03 Å². The molecule has 1 unspecified atom stereocenters. The van der Waals surface area contributed by atoms with Gasteiger partial charge in [0.2, 0.25) is 6.79 Å². The molecule has 0 spiro atoms. The number of nitrogens with zero attached hydrogens (tertiary/aromatic N) is 1. The zero-order chi connectivity index (χ0) is 18.0. The van der Waals surface area contributed by atoms with Gasteiger partial charge < -0.3 is 19.7 Å². The van der Waals surface area contributed by atoms with Gasteiger partial charge in [-0.25, -0.2) is 4.79 Å². The van der Waals surface area contributed by atoms with Crippen LogP contribution >= 0.6 is 0 Å². The molecule has 1 atom stereocenters. The summed E-state index contributed by atoms with van der Waals surface area (Å²) >= 11 is 0. The highest BCUT2D eigenvalue weighted by Crippen LogP contribution is 2.55. The van der Waals surface area contributed by atoms with Crippen LogP contribution in [0.4, 0.5) is 4.79 Å². The van der Waals surface area contributed by atoms with Crippen LogP contribution in [0.3, 0.4) is 0 Å². The molecule has 5 nitrogen and oxygen atoms in total. The first-order valence-electron chi connectivity index (χ1n) is 10.6. The molecule has 27 heavy (non-hydrogen) atoms. The smallest absolute Gasteiger partial charge is 0.317 e. The van der Waals surface area contributed by atoms with E-state index in [0.29, 0.717) is 12.7 Å². The zero-order valence-electron chi connectivity index (χ0n) is 15.8. The van der Waals surface area contributed by atoms with E-state index < -0.39 is 0 Å². The average molecular weight is 368 g/mol. The standard InChI is InChI=1S/C22H28N2O3/c25-21(23-22-9-14-5-15(10-22)7-16(6-14)11-22)24-4-3-18(12-24)17-1-2-19-20(8-17)27-13-26-19/h1-2,8,14-16,18H,3-7,9-13H2,(H,23,25). The highest BCUT2D eigenvalue weighted by atomic mass is 16.7. The summed E-state index contributed by atoms with van der Waals surface area (Å²) in [6.45, 7) is 1.96. The molecule has 4 saturated carbocycles. The van der Waals surface area contributed by atoms with Gasteiger partial charge >= 0.3 is 6.03 Å². The van der Waals surface area contributed by atoms with E-state index in [2.05, 4.69) is 17.4 Å². The van der Waals surface area contributed by atoms with Gasteiger partial charge in [0, 0.05) is 24.5 Å². The number of hydrogen-bond donors (Lipinski definition) is 1. The number of rotatable bonds is 2.